The minimum absolute atomic E-state index is 0.0734. The molecule has 0 amide bonds. The molecule has 0 aliphatic carbocycles. The third kappa shape index (κ3) is 3.63. The van der Waals surface area contributed by atoms with Crippen LogP contribution in [0.15, 0.2) is 24.8 Å². The minimum atomic E-state index is 0.0734. The number of para-hydroxylation sites is 1. The lowest BCUT2D eigenvalue weighted by Crippen LogP contribution is -2.23. The molecule has 1 aliphatic rings. The molecule has 1 saturated heterocycles. The lowest BCUT2D eigenvalue weighted by atomic mass is 9.85. The van der Waals surface area contributed by atoms with Crippen LogP contribution in [0.2, 0.25) is 0 Å². The first kappa shape index (κ1) is 15.1. The molecule has 1 fully saturated rings. The van der Waals surface area contributed by atoms with Crippen molar-refractivity contribution < 1.29 is 9.47 Å². The second-order valence-corrected chi connectivity index (χ2v) is 6.54. The maximum Gasteiger partial charge on any atom is 0.130 e. The van der Waals surface area contributed by atoms with E-state index in [9.17, 15) is 0 Å². The highest BCUT2D eigenvalue weighted by atomic mass is 16.5. The van der Waals surface area contributed by atoms with Crippen molar-refractivity contribution in [2.75, 3.05) is 19.8 Å². The van der Waals surface area contributed by atoms with Crippen LogP contribution in [0.25, 0.3) is 6.08 Å². The molecule has 0 bridgehead atoms. The third-order valence-corrected chi connectivity index (χ3v) is 3.88. The van der Waals surface area contributed by atoms with Crippen molar-refractivity contribution >= 4 is 6.08 Å². The maximum atomic E-state index is 6.20. The van der Waals surface area contributed by atoms with Crippen LogP contribution in [0, 0.1) is 5.92 Å². The van der Waals surface area contributed by atoms with Crippen LogP contribution in [0.4, 0.5) is 0 Å². The van der Waals surface area contributed by atoms with E-state index in [1.807, 2.05) is 6.08 Å². The van der Waals surface area contributed by atoms with Crippen LogP contribution < -0.4 is 4.74 Å². The lowest BCUT2D eigenvalue weighted by Gasteiger charge is -2.27. The van der Waals surface area contributed by atoms with Gasteiger partial charge in [-0.2, -0.15) is 0 Å². The quantitative estimate of drug-likeness (QED) is 0.808. The molecule has 0 unspecified atom stereocenters. The molecule has 1 aromatic rings. The zero-order valence-corrected chi connectivity index (χ0v) is 12.9. The van der Waals surface area contributed by atoms with Gasteiger partial charge in [-0.3, -0.25) is 0 Å². The van der Waals surface area contributed by atoms with Gasteiger partial charge in [-0.25, -0.2) is 0 Å². The molecular formula is C18H26O2. The fourth-order valence-electron chi connectivity index (χ4n) is 2.58. The molecule has 1 heterocycles. The topological polar surface area (TPSA) is 18.5 Å². The molecule has 0 saturated carbocycles. The number of rotatable bonds is 4. The van der Waals surface area contributed by atoms with E-state index in [2.05, 4.69) is 45.5 Å². The van der Waals surface area contributed by atoms with Gasteiger partial charge in [0.1, 0.15) is 5.75 Å². The zero-order chi connectivity index (χ0) is 14.6. The molecule has 1 aliphatic heterocycles. The van der Waals surface area contributed by atoms with Gasteiger partial charge >= 0.3 is 0 Å². The van der Waals surface area contributed by atoms with Crippen molar-refractivity contribution in [3.05, 3.63) is 35.9 Å². The first-order valence-electron chi connectivity index (χ1n) is 7.49. The number of hydrogen-bond acceptors (Lipinski definition) is 2. The lowest BCUT2D eigenvalue weighted by molar-refractivity contribution is 0.0494. The average Bonchev–Trinajstić information content (AvgIpc) is 2.44. The smallest absolute Gasteiger partial charge is 0.130 e. The Morgan fingerprint density at radius 2 is 2.00 bits per heavy atom. The normalized spacial score (nSPS) is 16.9. The predicted octanol–water partition coefficient (Wildman–Crippen LogP) is 4.43. The van der Waals surface area contributed by atoms with Crippen molar-refractivity contribution in [3.8, 4) is 5.75 Å². The van der Waals surface area contributed by atoms with Crippen molar-refractivity contribution in [2.45, 2.75) is 39.0 Å². The first-order chi connectivity index (χ1) is 9.52. The fraction of sp³-hybridized carbons (Fsp3) is 0.556. The summed E-state index contributed by atoms with van der Waals surface area (Å²) in [6, 6.07) is 6.31. The van der Waals surface area contributed by atoms with Crippen LogP contribution in [-0.4, -0.2) is 19.8 Å². The van der Waals surface area contributed by atoms with Crippen LogP contribution in [0.3, 0.4) is 0 Å². The summed E-state index contributed by atoms with van der Waals surface area (Å²) in [7, 11) is 0. The van der Waals surface area contributed by atoms with Gasteiger partial charge in [0.25, 0.3) is 0 Å². The number of ether oxygens (including phenoxy) is 2. The van der Waals surface area contributed by atoms with Gasteiger partial charge < -0.3 is 9.47 Å². The summed E-state index contributed by atoms with van der Waals surface area (Å²) in [6.45, 7) is 13.1. The molecule has 2 rings (SSSR count). The van der Waals surface area contributed by atoms with Gasteiger partial charge in [-0.15, -0.1) is 0 Å². The van der Waals surface area contributed by atoms with Crippen LogP contribution in [-0.2, 0) is 10.2 Å². The van der Waals surface area contributed by atoms with Gasteiger partial charge in [-0.1, -0.05) is 51.6 Å². The van der Waals surface area contributed by atoms with Gasteiger partial charge in [0, 0.05) is 24.3 Å². The average molecular weight is 274 g/mol. The highest BCUT2D eigenvalue weighted by Gasteiger charge is 2.22. The summed E-state index contributed by atoms with van der Waals surface area (Å²) in [4.78, 5) is 0. The van der Waals surface area contributed by atoms with E-state index in [-0.39, 0.29) is 5.41 Å². The molecule has 0 aromatic heterocycles. The molecule has 0 N–H and O–H groups in total. The number of benzene rings is 1. The summed E-state index contributed by atoms with van der Waals surface area (Å²) in [6.07, 6.45) is 4.08. The summed E-state index contributed by atoms with van der Waals surface area (Å²) in [5, 5.41) is 0. The fourth-order valence-corrected chi connectivity index (χ4v) is 2.58. The van der Waals surface area contributed by atoms with Crippen molar-refractivity contribution in [3.63, 3.8) is 0 Å². The summed E-state index contributed by atoms with van der Waals surface area (Å²) >= 11 is 0. The van der Waals surface area contributed by atoms with Crippen LogP contribution in [0.5, 0.6) is 5.75 Å². The Labute approximate surface area is 122 Å². The third-order valence-electron chi connectivity index (χ3n) is 3.88. The molecule has 110 valence electrons. The Balaban J connectivity index is 2.17. The van der Waals surface area contributed by atoms with E-state index in [1.54, 1.807) is 0 Å². The molecule has 2 nitrogen and oxygen atoms in total. The van der Waals surface area contributed by atoms with Crippen LogP contribution in [0.1, 0.15) is 44.7 Å². The second-order valence-electron chi connectivity index (χ2n) is 6.54. The summed E-state index contributed by atoms with van der Waals surface area (Å²) < 4.78 is 11.6. The van der Waals surface area contributed by atoms with E-state index in [0.717, 1.165) is 44.0 Å². The highest BCUT2D eigenvalue weighted by Crippen LogP contribution is 2.35. The SMILES string of the molecule is C=Cc1cccc(C(C)(C)C)c1OCC1CCOCC1. The summed E-state index contributed by atoms with van der Waals surface area (Å²) in [5.41, 5.74) is 2.41. The molecular weight excluding hydrogens is 248 g/mol. The Hall–Kier alpha value is -1.28. The predicted molar refractivity (Wildman–Crippen MR) is 84.3 cm³/mol. The molecule has 1 aromatic carbocycles. The van der Waals surface area contributed by atoms with E-state index in [4.69, 9.17) is 9.47 Å². The van der Waals surface area contributed by atoms with E-state index in [1.165, 1.54) is 5.56 Å². The Kier molecular flexibility index (Phi) is 4.87. The van der Waals surface area contributed by atoms with Crippen LogP contribution >= 0.6 is 0 Å². The molecule has 0 radical (unpaired) electrons. The second kappa shape index (κ2) is 6.45. The van der Waals surface area contributed by atoms with Gasteiger partial charge in [0.05, 0.1) is 6.61 Å². The molecule has 20 heavy (non-hydrogen) atoms. The minimum Gasteiger partial charge on any atom is -0.492 e. The Morgan fingerprint density at radius 1 is 1.30 bits per heavy atom. The zero-order valence-electron chi connectivity index (χ0n) is 12.9. The standard InChI is InChI=1S/C18H26O2/c1-5-15-7-6-8-16(18(2,3)4)17(15)20-13-14-9-11-19-12-10-14/h5-8,14H,1,9-13H2,2-4H3. The monoisotopic (exact) mass is 274 g/mol. The van der Waals surface area contributed by atoms with Gasteiger partial charge in [0.2, 0.25) is 0 Å². The Morgan fingerprint density at radius 3 is 2.60 bits per heavy atom. The largest absolute Gasteiger partial charge is 0.492 e. The summed E-state index contributed by atoms with van der Waals surface area (Å²) in [5.74, 6) is 1.61. The maximum absolute atomic E-state index is 6.20. The van der Waals surface area contributed by atoms with Crippen molar-refractivity contribution in [2.24, 2.45) is 5.92 Å². The Bertz CT molecular complexity index is 451. The van der Waals surface area contributed by atoms with Gasteiger partial charge in [0.15, 0.2) is 0 Å². The van der Waals surface area contributed by atoms with Crippen molar-refractivity contribution in [1.29, 1.82) is 0 Å². The van der Waals surface area contributed by atoms with Crippen molar-refractivity contribution in [1.82, 2.24) is 0 Å². The van der Waals surface area contributed by atoms with E-state index < -0.39 is 0 Å². The van der Waals surface area contributed by atoms with E-state index >= 15 is 0 Å². The van der Waals surface area contributed by atoms with E-state index in [0.29, 0.717) is 5.92 Å². The molecule has 2 heteroatoms. The number of hydrogen-bond donors (Lipinski definition) is 0. The van der Waals surface area contributed by atoms with Gasteiger partial charge in [-0.05, 0) is 24.2 Å². The first-order valence-corrected chi connectivity index (χ1v) is 7.49. The molecule has 0 spiro atoms. The highest BCUT2D eigenvalue weighted by molar-refractivity contribution is 5.59. The molecule has 0 atom stereocenters.